The molecule has 1 heterocycles. The fraction of sp³-hybridized carbons (Fsp3) is 0.647. The van der Waals surface area contributed by atoms with Crippen molar-refractivity contribution < 1.29 is 13.2 Å². The maximum absolute atomic E-state index is 12.4. The summed E-state index contributed by atoms with van der Waals surface area (Å²) in [5, 5.41) is 3.54. The Balaban J connectivity index is 1.34. The summed E-state index contributed by atoms with van der Waals surface area (Å²) in [4.78, 5) is 1.53. The zero-order valence-electron chi connectivity index (χ0n) is 12.6. The molecule has 0 bridgehead atoms. The molecular formula is C17H23F3N2. The van der Waals surface area contributed by atoms with Crippen molar-refractivity contribution in [1.82, 2.24) is 10.2 Å². The summed E-state index contributed by atoms with van der Waals surface area (Å²) >= 11 is 0. The lowest BCUT2D eigenvalue weighted by Gasteiger charge is -2.37. The van der Waals surface area contributed by atoms with E-state index >= 15 is 0 Å². The average molecular weight is 312 g/mol. The van der Waals surface area contributed by atoms with Gasteiger partial charge in [-0.25, -0.2) is 0 Å². The Labute approximate surface area is 129 Å². The van der Waals surface area contributed by atoms with Crippen molar-refractivity contribution >= 4 is 0 Å². The van der Waals surface area contributed by atoms with Crippen LogP contribution in [0.4, 0.5) is 13.2 Å². The van der Waals surface area contributed by atoms with E-state index < -0.39 is 12.7 Å². The first kappa shape index (κ1) is 15.8. The predicted molar refractivity (Wildman–Crippen MR) is 80.8 cm³/mol. The third-order valence-electron chi connectivity index (χ3n) is 4.88. The fourth-order valence-corrected chi connectivity index (χ4v) is 3.59. The number of alkyl halides is 3. The van der Waals surface area contributed by atoms with Crippen LogP contribution in [-0.4, -0.2) is 43.3 Å². The Bertz CT molecular complexity index is 469. The summed E-state index contributed by atoms with van der Waals surface area (Å²) in [6.45, 7) is 1.23. The number of rotatable bonds is 5. The molecular weight excluding hydrogens is 289 g/mol. The Morgan fingerprint density at radius 1 is 1.14 bits per heavy atom. The Morgan fingerprint density at radius 2 is 1.86 bits per heavy atom. The molecule has 0 aromatic heterocycles. The molecule has 1 aromatic carbocycles. The van der Waals surface area contributed by atoms with Crippen LogP contribution >= 0.6 is 0 Å². The molecule has 0 radical (unpaired) electrons. The van der Waals surface area contributed by atoms with E-state index in [1.807, 2.05) is 6.07 Å². The van der Waals surface area contributed by atoms with Crippen LogP contribution in [0.15, 0.2) is 30.3 Å². The van der Waals surface area contributed by atoms with Gasteiger partial charge in [0.2, 0.25) is 0 Å². The molecule has 122 valence electrons. The van der Waals surface area contributed by atoms with E-state index in [1.165, 1.54) is 10.5 Å². The van der Waals surface area contributed by atoms with Crippen LogP contribution in [0, 0.1) is 5.92 Å². The maximum atomic E-state index is 12.4. The Kier molecular flexibility index (Phi) is 4.73. The first-order valence-electron chi connectivity index (χ1n) is 8.07. The molecule has 1 aliphatic heterocycles. The van der Waals surface area contributed by atoms with Crippen molar-refractivity contribution in [2.45, 2.75) is 37.4 Å². The van der Waals surface area contributed by atoms with Gasteiger partial charge < -0.3 is 5.32 Å². The fourth-order valence-electron chi connectivity index (χ4n) is 3.59. The average Bonchev–Trinajstić information content (AvgIpc) is 2.83. The van der Waals surface area contributed by atoms with Crippen molar-refractivity contribution in [2.75, 3.05) is 26.2 Å². The van der Waals surface area contributed by atoms with Gasteiger partial charge in [0.25, 0.3) is 0 Å². The van der Waals surface area contributed by atoms with Gasteiger partial charge in [0.1, 0.15) is 0 Å². The van der Waals surface area contributed by atoms with Crippen LogP contribution in [0.5, 0.6) is 0 Å². The lowest BCUT2D eigenvalue weighted by molar-refractivity contribution is -0.143. The molecule has 1 saturated heterocycles. The molecule has 1 atom stereocenters. The van der Waals surface area contributed by atoms with Gasteiger partial charge in [-0.15, -0.1) is 0 Å². The van der Waals surface area contributed by atoms with Crippen LogP contribution < -0.4 is 5.32 Å². The zero-order chi connectivity index (χ0) is 15.6. The highest BCUT2D eigenvalue weighted by Crippen LogP contribution is 2.36. The van der Waals surface area contributed by atoms with Gasteiger partial charge >= 0.3 is 6.18 Å². The first-order chi connectivity index (χ1) is 10.5. The number of hydrogen-bond donors (Lipinski definition) is 1. The Hall–Kier alpha value is -1.07. The van der Waals surface area contributed by atoms with E-state index in [0.717, 1.165) is 25.8 Å². The number of hydrogen-bond acceptors (Lipinski definition) is 2. The van der Waals surface area contributed by atoms with Gasteiger partial charge in [0.05, 0.1) is 6.54 Å². The summed E-state index contributed by atoms with van der Waals surface area (Å²) in [6.07, 6.45) is -0.914. The topological polar surface area (TPSA) is 15.3 Å². The second-order valence-corrected chi connectivity index (χ2v) is 6.69. The molecule has 1 aliphatic carbocycles. The quantitative estimate of drug-likeness (QED) is 0.896. The van der Waals surface area contributed by atoms with E-state index in [-0.39, 0.29) is 0 Å². The maximum Gasteiger partial charge on any atom is 0.401 e. The van der Waals surface area contributed by atoms with E-state index in [9.17, 15) is 13.2 Å². The standard InChI is InChI=1S/C17H23F3N2/c18-17(19,20)12-22-7-6-13(11-22)10-21-16-8-15(9-16)14-4-2-1-3-5-14/h1-5,13,15-16,21H,6-12H2. The monoisotopic (exact) mass is 312 g/mol. The van der Waals surface area contributed by atoms with E-state index in [2.05, 4.69) is 29.6 Å². The highest BCUT2D eigenvalue weighted by atomic mass is 19.4. The summed E-state index contributed by atoms with van der Waals surface area (Å²) in [7, 11) is 0. The van der Waals surface area contributed by atoms with E-state index in [4.69, 9.17) is 0 Å². The smallest absolute Gasteiger partial charge is 0.314 e. The van der Waals surface area contributed by atoms with Crippen LogP contribution in [0.25, 0.3) is 0 Å². The van der Waals surface area contributed by atoms with E-state index in [0.29, 0.717) is 31.0 Å². The van der Waals surface area contributed by atoms with Crippen LogP contribution in [0.1, 0.15) is 30.7 Å². The highest BCUT2D eigenvalue weighted by Gasteiger charge is 2.35. The van der Waals surface area contributed by atoms with Crippen molar-refractivity contribution in [3.05, 3.63) is 35.9 Å². The van der Waals surface area contributed by atoms with Crippen LogP contribution in [0.2, 0.25) is 0 Å². The zero-order valence-corrected chi connectivity index (χ0v) is 12.6. The van der Waals surface area contributed by atoms with Crippen molar-refractivity contribution in [3.8, 4) is 0 Å². The largest absolute Gasteiger partial charge is 0.401 e. The summed E-state index contributed by atoms with van der Waals surface area (Å²) in [6, 6.07) is 11.1. The normalized spacial score (nSPS) is 29.5. The predicted octanol–water partition coefficient (Wildman–Crippen LogP) is 3.41. The van der Waals surface area contributed by atoms with Gasteiger partial charge in [-0.05, 0) is 49.8 Å². The minimum atomic E-state index is -4.07. The molecule has 2 aliphatic rings. The van der Waals surface area contributed by atoms with Gasteiger partial charge in [-0.3, -0.25) is 4.90 Å². The minimum Gasteiger partial charge on any atom is -0.314 e. The molecule has 1 aromatic rings. The molecule has 1 unspecified atom stereocenters. The second kappa shape index (κ2) is 6.59. The molecule has 2 fully saturated rings. The number of halogens is 3. The minimum absolute atomic E-state index is 0.359. The molecule has 0 amide bonds. The number of likely N-dealkylation sites (tertiary alicyclic amines) is 1. The van der Waals surface area contributed by atoms with Crippen molar-refractivity contribution in [1.29, 1.82) is 0 Å². The molecule has 22 heavy (non-hydrogen) atoms. The molecule has 2 nitrogen and oxygen atoms in total. The molecule has 1 N–H and O–H groups in total. The number of nitrogens with one attached hydrogen (secondary N) is 1. The summed E-state index contributed by atoms with van der Waals surface area (Å²) in [5.74, 6) is 1.00. The van der Waals surface area contributed by atoms with Gasteiger partial charge in [0, 0.05) is 12.6 Å². The number of nitrogens with zero attached hydrogens (tertiary/aromatic N) is 1. The molecule has 0 spiro atoms. The summed E-state index contributed by atoms with van der Waals surface area (Å²) in [5.41, 5.74) is 1.40. The summed E-state index contributed by atoms with van der Waals surface area (Å²) < 4.78 is 37.1. The van der Waals surface area contributed by atoms with Gasteiger partial charge in [-0.1, -0.05) is 30.3 Å². The van der Waals surface area contributed by atoms with Crippen molar-refractivity contribution in [3.63, 3.8) is 0 Å². The van der Waals surface area contributed by atoms with Crippen LogP contribution in [0.3, 0.4) is 0 Å². The van der Waals surface area contributed by atoms with Crippen LogP contribution in [-0.2, 0) is 0 Å². The molecule has 5 heteroatoms. The molecule has 3 rings (SSSR count). The lowest BCUT2D eigenvalue weighted by Crippen LogP contribution is -2.42. The van der Waals surface area contributed by atoms with Crippen molar-refractivity contribution in [2.24, 2.45) is 5.92 Å². The third kappa shape index (κ3) is 4.23. The Morgan fingerprint density at radius 3 is 2.55 bits per heavy atom. The number of benzene rings is 1. The van der Waals surface area contributed by atoms with Gasteiger partial charge in [0.15, 0.2) is 0 Å². The van der Waals surface area contributed by atoms with Gasteiger partial charge in [-0.2, -0.15) is 13.2 Å². The SMILES string of the molecule is FC(F)(F)CN1CCC(CNC2CC(c3ccccc3)C2)C1. The highest BCUT2D eigenvalue weighted by molar-refractivity contribution is 5.22. The molecule has 1 saturated carbocycles. The second-order valence-electron chi connectivity index (χ2n) is 6.69. The third-order valence-corrected chi connectivity index (χ3v) is 4.88. The first-order valence-corrected chi connectivity index (χ1v) is 8.07. The lowest BCUT2D eigenvalue weighted by atomic mass is 9.76. The van der Waals surface area contributed by atoms with E-state index in [1.54, 1.807) is 0 Å².